The number of unbranched alkanes of at least 4 members (excludes halogenated alkanes) is 41. The number of hydrogen-bond donors (Lipinski definition) is 1. The fourth-order valence-corrected chi connectivity index (χ4v) is 11.5. The maximum absolute atomic E-state index is 12.9. The van der Waals surface area contributed by atoms with Crippen LogP contribution in [0.3, 0.4) is 0 Å². The average Bonchev–Trinajstić information content (AvgIpc) is 3.57. The van der Waals surface area contributed by atoms with Crippen LogP contribution < -0.4 is 0 Å². The number of allylic oxidation sites excluding steroid dienone is 14. The third-order valence-electron chi connectivity index (χ3n) is 16.4. The van der Waals surface area contributed by atoms with Gasteiger partial charge in [-0.2, -0.15) is 0 Å². The Labute approximate surface area is 545 Å². The van der Waals surface area contributed by atoms with Gasteiger partial charge < -0.3 is 18.9 Å². The van der Waals surface area contributed by atoms with E-state index in [1.165, 1.54) is 218 Å². The summed E-state index contributed by atoms with van der Waals surface area (Å²) in [4.78, 5) is 35.9. The van der Waals surface area contributed by atoms with Gasteiger partial charge in [-0.25, -0.2) is 4.57 Å². The first-order valence-corrected chi connectivity index (χ1v) is 38.8. The van der Waals surface area contributed by atoms with Crippen LogP contribution in [0.5, 0.6) is 0 Å². The van der Waals surface area contributed by atoms with E-state index in [4.69, 9.17) is 18.5 Å². The Bertz CT molecular complexity index is 1760. The van der Waals surface area contributed by atoms with Crippen molar-refractivity contribution in [3.63, 3.8) is 0 Å². The highest BCUT2D eigenvalue weighted by atomic mass is 31.2. The minimum Gasteiger partial charge on any atom is -0.462 e. The minimum atomic E-state index is -4.40. The number of rotatable bonds is 69. The molecule has 0 saturated heterocycles. The summed E-state index contributed by atoms with van der Waals surface area (Å²) < 4.78 is 34.7. The van der Waals surface area contributed by atoms with Crippen LogP contribution in [0, 0.1) is 0 Å². The standard InChI is InChI=1S/C78H142NO8P/c1-6-8-10-12-14-16-18-20-22-24-26-28-30-32-33-34-35-36-37-38-39-40-41-42-43-44-45-47-48-50-52-54-56-58-60-62-64-66-68-70-77(80)84-74-76(75-86-88(82,83)85-73-72-79(3,4)5)87-78(81)71-69-67-65-63-61-59-57-55-53-51-49-46-31-29-27-25-23-21-19-17-15-13-11-9-7-2/h9,11,15,17,21,23-24,26-27,29,46,49,53,55,76H,6-8,10,12-14,16,18-20,22,25,28,30-45,47-48,50-52,54,56-75H2,1-5H3/p+1/b11-9-,17-15-,23-21-,26-24-,29-27-,49-46-,55-53-. The minimum absolute atomic E-state index is 0.0262. The fraction of sp³-hybridized carbons (Fsp3) is 0.795. The number of likely N-dealkylation sites (N-methyl/N-ethyl adjacent to an activating group) is 1. The van der Waals surface area contributed by atoms with Gasteiger partial charge in [-0.15, -0.1) is 0 Å². The van der Waals surface area contributed by atoms with Gasteiger partial charge in [-0.1, -0.05) is 330 Å². The molecule has 0 aromatic carbocycles. The number of nitrogens with zero attached hydrogens (tertiary/aromatic N) is 1. The summed E-state index contributed by atoms with van der Waals surface area (Å²) in [6, 6.07) is 0. The molecule has 0 saturated carbocycles. The van der Waals surface area contributed by atoms with Crippen molar-refractivity contribution in [2.24, 2.45) is 0 Å². The van der Waals surface area contributed by atoms with Crippen molar-refractivity contribution < 1.29 is 42.1 Å². The number of hydrogen-bond acceptors (Lipinski definition) is 7. The van der Waals surface area contributed by atoms with E-state index in [9.17, 15) is 19.0 Å². The van der Waals surface area contributed by atoms with Crippen LogP contribution in [0.2, 0.25) is 0 Å². The fourth-order valence-electron chi connectivity index (χ4n) is 10.7. The first kappa shape index (κ1) is 85.2. The highest BCUT2D eigenvalue weighted by Gasteiger charge is 2.27. The lowest BCUT2D eigenvalue weighted by molar-refractivity contribution is -0.870. The van der Waals surface area contributed by atoms with Gasteiger partial charge >= 0.3 is 19.8 Å². The molecule has 0 amide bonds. The topological polar surface area (TPSA) is 108 Å². The molecule has 0 aliphatic rings. The Balaban J connectivity index is 3.95. The van der Waals surface area contributed by atoms with Gasteiger partial charge in [0.25, 0.3) is 0 Å². The third kappa shape index (κ3) is 72.3. The SMILES string of the molecule is CC/C=C\C/C=C\C/C=C\C/C=C\C/C=C\C/C=C\CCCCCCCCC(=O)OC(COC(=O)CCCCCCCCCCCCCCCCCCCCCCCCCCCCC/C=C\CCCCCCCCCC)COP(=O)(O)OCC[N+](C)(C)C. The molecule has 9 nitrogen and oxygen atoms in total. The first-order chi connectivity index (χ1) is 43.0. The highest BCUT2D eigenvalue weighted by molar-refractivity contribution is 7.47. The van der Waals surface area contributed by atoms with E-state index < -0.39 is 26.5 Å². The zero-order chi connectivity index (χ0) is 64.1. The monoisotopic (exact) mass is 1250 g/mol. The quantitative estimate of drug-likeness (QED) is 0.0211. The molecule has 0 bridgehead atoms. The first-order valence-electron chi connectivity index (χ1n) is 37.3. The lowest BCUT2D eigenvalue weighted by Crippen LogP contribution is -2.37. The van der Waals surface area contributed by atoms with E-state index in [1.807, 2.05) is 21.1 Å². The number of esters is 2. The summed E-state index contributed by atoms with van der Waals surface area (Å²) in [6.07, 6.45) is 94.4. The normalized spacial score (nSPS) is 13.6. The number of ether oxygens (including phenoxy) is 2. The van der Waals surface area contributed by atoms with Crippen molar-refractivity contribution in [3.05, 3.63) is 85.1 Å². The molecule has 2 unspecified atom stereocenters. The molecule has 0 fully saturated rings. The largest absolute Gasteiger partial charge is 0.472 e. The smallest absolute Gasteiger partial charge is 0.462 e. The molecule has 0 heterocycles. The van der Waals surface area contributed by atoms with Crippen LogP contribution in [0.1, 0.15) is 348 Å². The summed E-state index contributed by atoms with van der Waals surface area (Å²) >= 11 is 0. The Morgan fingerprint density at radius 2 is 0.648 bits per heavy atom. The molecule has 512 valence electrons. The van der Waals surface area contributed by atoms with E-state index >= 15 is 0 Å². The molecule has 2 atom stereocenters. The van der Waals surface area contributed by atoms with Crippen LogP contribution in [0.4, 0.5) is 0 Å². The van der Waals surface area contributed by atoms with Crippen LogP contribution in [0.25, 0.3) is 0 Å². The maximum Gasteiger partial charge on any atom is 0.472 e. The number of carbonyl (C=O) groups is 2. The van der Waals surface area contributed by atoms with Crippen LogP contribution in [0.15, 0.2) is 85.1 Å². The van der Waals surface area contributed by atoms with Gasteiger partial charge in [0, 0.05) is 12.8 Å². The molecule has 0 spiro atoms. The molecule has 10 heteroatoms. The van der Waals surface area contributed by atoms with Crippen molar-refractivity contribution in [2.45, 2.75) is 354 Å². The molecule has 0 aliphatic carbocycles. The summed E-state index contributed by atoms with van der Waals surface area (Å²) in [5, 5.41) is 0. The van der Waals surface area contributed by atoms with Gasteiger partial charge in [-0.05, 0) is 89.9 Å². The molecular formula is C78H143NO8P+. The third-order valence-corrected chi connectivity index (χ3v) is 17.4. The number of phosphoric acid groups is 1. The predicted molar refractivity (Wildman–Crippen MR) is 381 cm³/mol. The van der Waals surface area contributed by atoms with Crippen LogP contribution in [-0.2, 0) is 32.7 Å². The molecule has 0 radical (unpaired) electrons. The van der Waals surface area contributed by atoms with E-state index in [2.05, 4.69) is 98.9 Å². The summed E-state index contributed by atoms with van der Waals surface area (Å²) in [5.74, 6) is -0.805. The van der Waals surface area contributed by atoms with Gasteiger partial charge in [-0.3, -0.25) is 18.6 Å². The highest BCUT2D eigenvalue weighted by Crippen LogP contribution is 2.43. The second-order valence-electron chi connectivity index (χ2n) is 26.3. The van der Waals surface area contributed by atoms with Crippen molar-refractivity contribution in [2.75, 3.05) is 47.5 Å². The van der Waals surface area contributed by atoms with Crippen LogP contribution >= 0.6 is 7.82 Å². The summed E-state index contributed by atoms with van der Waals surface area (Å²) in [5.41, 5.74) is 0. The zero-order valence-electron chi connectivity index (χ0n) is 58.5. The molecule has 0 rings (SSSR count). The van der Waals surface area contributed by atoms with Crippen LogP contribution in [-0.4, -0.2) is 74.9 Å². The van der Waals surface area contributed by atoms with Gasteiger partial charge in [0.15, 0.2) is 6.10 Å². The van der Waals surface area contributed by atoms with Gasteiger partial charge in [0.1, 0.15) is 19.8 Å². The lowest BCUT2D eigenvalue weighted by Gasteiger charge is -2.24. The number of carbonyl (C=O) groups excluding carboxylic acids is 2. The van der Waals surface area contributed by atoms with Crippen molar-refractivity contribution >= 4 is 19.8 Å². The Hall–Kier alpha value is -2.81. The maximum atomic E-state index is 12.9. The van der Waals surface area contributed by atoms with E-state index in [1.54, 1.807) is 0 Å². The Kier molecular flexibility index (Phi) is 66.4. The molecule has 0 aliphatic heterocycles. The molecule has 0 aromatic heterocycles. The Morgan fingerprint density at radius 1 is 0.364 bits per heavy atom. The number of quaternary nitrogens is 1. The summed E-state index contributed by atoms with van der Waals surface area (Å²) in [7, 11) is 1.47. The van der Waals surface area contributed by atoms with Crippen molar-refractivity contribution in [1.29, 1.82) is 0 Å². The summed E-state index contributed by atoms with van der Waals surface area (Å²) in [6.45, 7) is 4.34. The van der Waals surface area contributed by atoms with Crippen molar-refractivity contribution in [1.82, 2.24) is 0 Å². The second-order valence-corrected chi connectivity index (χ2v) is 27.8. The molecule has 1 N–H and O–H groups in total. The van der Waals surface area contributed by atoms with E-state index in [0.717, 1.165) is 96.3 Å². The second kappa shape index (κ2) is 68.6. The molecular weight excluding hydrogens is 1110 g/mol. The van der Waals surface area contributed by atoms with Gasteiger partial charge in [0.05, 0.1) is 27.7 Å². The predicted octanol–water partition coefficient (Wildman–Crippen LogP) is 24.5. The molecule has 0 aromatic rings. The molecule has 88 heavy (non-hydrogen) atoms. The van der Waals surface area contributed by atoms with E-state index in [-0.39, 0.29) is 32.0 Å². The Morgan fingerprint density at radius 3 is 0.977 bits per heavy atom. The number of phosphoric ester groups is 1. The van der Waals surface area contributed by atoms with Gasteiger partial charge in [0.2, 0.25) is 0 Å². The van der Waals surface area contributed by atoms with Crippen molar-refractivity contribution in [3.8, 4) is 0 Å². The lowest BCUT2D eigenvalue weighted by atomic mass is 10.0. The zero-order valence-corrected chi connectivity index (χ0v) is 59.4. The van der Waals surface area contributed by atoms with E-state index in [0.29, 0.717) is 17.4 Å². The average molecular weight is 1250 g/mol.